The summed E-state index contributed by atoms with van der Waals surface area (Å²) in [6.07, 6.45) is 1.07. The Morgan fingerprint density at radius 3 is 2.67 bits per heavy atom. The maximum absolute atomic E-state index is 5.77. The second kappa shape index (κ2) is 3.61. The second-order valence-electron chi connectivity index (χ2n) is 3.37. The molecule has 3 heteroatoms. The van der Waals surface area contributed by atoms with Gasteiger partial charge < -0.3 is 5.73 Å². The smallest absolute Gasteiger partial charge is 0.121 e. The molecule has 3 nitrogen and oxygen atoms in total. The van der Waals surface area contributed by atoms with Crippen LogP contribution in [0.25, 0.3) is 0 Å². The van der Waals surface area contributed by atoms with Gasteiger partial charge in [0.05, 0.1) is 5.69 Å². The van der Waals surface area contributed by atoms with Gasteiger partial charge in [-0.1, -0.05) is 20.8 Å². The Kier molecular flexibility index (Phi) is 2.74. The molecule has 1 aromatic heterocycles. The lowest BCUT2D eigenvalue weighted by Crippen LogP contribution is -2.04. The molecular weight excluding hydrogens is 150 g/mol. The van der Waals surface area contributed by atoms with Gasteiger partial charge in [-0.25, -0.2) is 4.68 Å². The van der Waals surface area contributed by atoms with Gasteiger partial charge in [-0.2, -0.15) is 5.10 Å². The van der Waals surface area contributed by atoms with Crippen molar-refractivity contribution in [1.29, 1.82) is 0 Å². The van der Waals surface area contributed by atoms with E-state index < -0.39 is 0 Å². The van der Waals surface area contributed by atoms with E-state index in [2.05, 4.69) is 25.9 Å². The minimum atomic E-state index is 0.463. The van der Waals surface area contributed by atoms with Crippen molar-refractivity contribution in [2.75, 3.05) is 5.73 Å². The molecule has 12 heavy (non-hydrogen) atoms. The van der Waals surface area contributed by atoms with Crippen LogP contribution in [-0.4, -0.2) is 9.78 Å². The van der Waals surface area contributed by atoms with Gasteiger partial charge in [0.25, 0.3) is 0 Å². The van der Waals surface area contributed by atoms with E-state index in [1.54, 1.807) is 0 Å². The molecule has 0 saturated heterocycles. The maximum Gasteiger partial charge on any atom is 0.121 e. The lowest BCUT2D eigenvalue weighted by molar-refractivity contribution is 0.595. The Balaban J connectivity index is 2.85. The van der Waals surface area contributed by atoms with Crippen molar-refractivity contribution in [3.63, 3.8) is 0 Å². The molecule has 1 heterocycles. The van der Waals surface area contributed by atoms with Gasteiger partial charge >= 0.3 is 0 Å². The molecule has 0 aromatic carbocycles. The number of aryl methyl sites for hydroxylation is 1. The van der Waals surface area contributed by atoms with Crippen LogP contribution < -0.4 is 5.73 Å². The van der Waals surface area contributed by atoms with Crippen molar-refractivity contribution in [1.82, 2.24) is 9.78 Å². The Bertz CT molecular complexity index is 250. The number of hydrogen-bond donors (Lipinski definition) is 1. The summed E-state index contributed by atoms with van der Waals surface area (Å²) in [7, 11) is 0. The third-order valence-corrected chi connectivity index (χ3v) is 1.86. The first kappa shape index (κ1) is 9.10. The highest BCUT2D eigenvalue weighted by molar-refractivity contribution is 5.31. The van der Waals surface area contributed by atoms with Gasteiger partial charge in [-0.05, 0) is 12.3 Å². The van der Waals surface area contributed by atoms with Crippen LogP contribution in [-0.2, 0) is 6.54 Å². The molecule has 1 aromatic rings. The maximum atomic E-state index is 5.77. The van der Waals surface area contributed by atoms with E-state index in [0.29, 0.717) is 5.92 Å². The molecule has 0 bridgehead atoms. The van der Waals surface area contributed by atoms with Crippen LogP contribution in [0.5, 0.6) is 0 Å². The number of nitrogens with zero attached hydrogens (tertiary/aromatic N) is 2. The zero-order chi connectivity index (χ0) is 9.14. The number of rotatable bonds is 3. The van der Waals surface area contributed by atoms with E-state index in [1.165, 1.54) is 0 Å². The molecule has 68 valence electrons. The third-order valence-electron chi connectivity index (χ3n) is 1.86. The lowest BCUT2D eigenvalue weighted by atomic mass is 10.1. The molecule has 0 aliphatic heterocycles. The van der Waals surface area contributed by atoms with Crippen LogP contribution in [0.4, 0.5) is 5.82 Å². The molecule has 0 unspecified atom stereocenters. The fourth-order valence-electron chi connectivity index (χ4n) is 1.13. The summed E-state index contributed by atoms with van der Waals surface area (Å²) in [6, 6.07) is 1.96. The van der Waals surface area contributed by atoms with Crippen LogP contribution in [0.3, 0.4) is 0 Å². The minimum absolute atomic E-state index is 0.463. The van der Waals surface area contributed by atoms with Gasteiger partial charge in [0, 0.05) is 12.6 Å². The van der Waals surface area contributed by atoms with Crippen molar-refractivity contribution >= 4 is 5.82 Å². The summed E-state index contributed by atoms with van der Waals surface area (Å²) in [4.78, 5) is 0. The first-order valence-corrected chi connectivity index (χ1v) is 4.48. The van der Waals surface area contributed by atoms with Gasteiger partial charge in [0.15, 0.2) is 0 Å². The summed E-state index contributed by atoms with van der Waals surface area (Å²) in [6.45, 7) is 7.28. The molecule has 0 spiro atoms. The number of nitrogen functional groups attached to an aromatic ring is 1. The van der Waals surface area contributed by atoms with E-state index in [0.717, 1.165) is 24.5 Å². The van der Waals surface area contributed by atoms with Crippen LogP contribution in [0.15, 0.2) is 6.07 Å². The first-order chi connectivity index (χ1) is 5.65. The van der Waals surface area contributed by atoms with E-state index >= 15 is 0 Å². The lowest BCUT2D eigenvalue weighted by Gasteiger charge is -2.00. The molecule has 0 aliphatic rings. The summed E-state index contributed by atoms with van der Waals surface area (Å²) in [5.41, 5.74) is 6.85. The van der Waals surface area contributed by atoms with E-state index in [1.807, 2.05) is 10.7 Å². The summed E-state index contributed by atoms with van der Waals surface area (Å²) in [5.74, 6) is 1.24. The van der Waals surface area contributed by atoms with Crippen LogP contribution in [0, 0.1) is 0 Å². The monoisotopic (exact) mass is 167 g/mol. The molecule has 0 atom stereocenters. The average Bonchev–Trinajstić information content (AvgIpc) is 2.34. The van der Waals surface area contributed by atoms with Gasteiger partial charge in [0.1, 0.15) is 5.82 Å². The Labute approximate surface area is 73.6 Å². The average molecular weight is 167 g/mol. The molecule has 0 saturated carbocycles. The van der Waals surface area contributed by atoms with Crippen LogP contribution in [0.1, 0.15) is 38.8 Å². The van der Waals surface area contributed by atoms with E-state index in [4.69, 9.17) is 5.73 Å². The molecular formula is C9H17N3. The predicted molar refractivity (Wildman–Crippen MR) is 51.0 cm³/mol. The SMILES string of the molecule is CCCn1nc(C(C)C)cc1N. The molecule has 0 amide bonds. The van der Waals surface area contributed by atoms with Crippen LogP contribution >= 0.6 is 0 Å². The van der Waals surface area contributed by atoms with Gasteiger partial charge in [-0.3, -0.25) is 0 Å². The van der Waals surface area contributed by atoms with E-state index in [9.17, 15) is 0 Å². The summed E-state index contributed by atoms with van der Waals surface area (Å²) >= 11 is 0. The first-order valence-electron chi connectivity index (χ1n) is 4.48. The van der Waals surface area contributed by atoms with Gasteiger partial charge in [0.2, 0.25) is 0 Å². The van der Waals surface area contributed by atoms with Crippen LogP contribution in [0.2, 0.25) is 0 Å². The van der Waals surface area contributed by atoms with Crippen molar-refractivity contribution in [2.45, 2.75) is 39.7 Å². The Hall–Kier alpha value is -0.990. The van der Waals surface area contributed by atoms with Crippen molar-refractivity contribution in [3.8, 4) is 0 Å². The zero-order valence-corrected chi connectivity index (χ0v) is 8.04. The number of anilines is 1. The molecule has 2 N–H and O–H groups in total. The Morgan fingerprint density at radius 2 is 2.25 bits per heavy atom. The topological polar surface area (TPSA) is 43.8 Å². The minimum Gasteiger partial charge on any atom is -0.384 e. The number of aromatic nitrogens is 2. The number of hydrogen-bond acceptors (Lipinski definition) is 2. The van der Waals surface area contributed by atoms with Crippen molar-refractivity contribution < 1.29 is 0 Å². The molecule has 0 radical (unpaired) electrons. The Morgan fingerprint density at radius 1 is 1.58 bits per heavy atom. The summed E-state index contributed by atoms with van der Waals surface area (Å²) in [5, 5.41) is 4.39. The predicted octanol–water partition coefficient (Wildman–Crippen LogP) is 2.00. The normalized spacial score (nSPS) is 11.0. The highest BCUT2D eigenvalue weighted by Gasteiger charge is 2.06. The third kappa shape index (κ3) is 1.78. The largest absolute Gasteiger partial charge is 0.384 e. The fourth-order valence-corrected chi connectivity index (χ4v) is 1.13. The quantitative estimate of drug-likeness (QED) is 0.748. The van der Waals surface area contributed by atoms with E-state index in [-0.39, 0.29) is 0 Å². The molecule has 0 aliphatic carbocycles. The zero-order valence-electron chi connectivity index (χ0n) is 8.04. The molecule has 0 fully saturated rings. The van der Waals surface area contributed by atoms with Crippen molar-refractivity contribution in [2.24, 2.45) is 0 Å². The fraction of sp³-hybridized carbons (Fsp3) is 0.667. The second-order valence-corrected chi connectivity index (χ2v) is 3.37. The number of nitrogens with two attached hydrogens (primary N) is 1. The van der Waals surface area contributed by atoms with Gasteiger partial charge in [-0.15, -0.1) is 0 Å². The molecule has 1 rings (SSSR count). The highest BCUT2D eigenvalue weighted by atomic mass is 15.3. The highest BCUT2D eigenvalue weighted by Crippen LogP contribution is 2.15. The van der Waals surface area contributed by atoms with Crippen molar-refractivity contribution in [3.05, 3.63) is 11.8 Å². The summed E-state index contributed by atoms with van der Waals surface area (Å²) < 4.78 is 1.87. The standard InChI is InChI=1S/C9H17N3/c1-4-5-12-9(10)6-8(11-12)7(2)3/h6-7H,4-5,10H2,1-3H3.